The van der Waals surface area contributed by atoms with Gasteiger partial charge in [-0.3, -0.25) is 0 Å². The van der Waals surface area contributed by atoms with Crippen molar-refractivity contribution in [3.63, 3.8) is 0 Å². The Labute approximate surface area is 86.6 Å². The number of hydrogen-bond acceptors (Lipinski definition) is 2. The first-order chi connectivity index (χ1) is 6.75. The first kappa shape index (κ1) is 8.48. The summed E-state index contributed by atoms with van der Waals surface area (Å²) in [5.74, 6) is 0.700. The number of thiophene rings is 1. The van der Waals surface area contributed by atoms with E-state index in [-0.39, 0.29) is 0 Å². The zero-order valence-electron chi connectivity index (χ0n) is 7.82. The molecular weight excluding hydrogens is 196 g/mol. The molecule has 1 fully saturated rings. The van der Waals surface area contributed by atoms with E-state index in [1.165, 1.54) is 24.1 Å². The van der Waals surface area contributed by atoms with Crippen LogP contribution in [0, 0.1) is 5.92 Å². The smallest absolute Gasteiger partial charge is 0.336 e. The Morgan fingerprint density at radius 1 is 1.50 bits per heavy atom. The van der Waals surface area contributed by atoms with Crippen molar-refractivity contribution in [2.24, 2.45) is 5.92 Å². The summed E-state index contributed by atoms with van der Waals surface area (Å²) < 4.78 is 0. The Morgan fingerprint density at radius 3 is 3.14 bits per heavy atom. The van der Waals surface area contributed by atoms with Gasteiger partial charge in [0.15, 0.2) is 0 Å². The van der Waals surface area contributed by atoms with Crippen molar-refractivity contribution in [1.29, 1.82) is 0 Å². The van der Waals surface area contributed by atoms with Gasteiger partial charge in [-0.05, 0) is 43.1 Å². The van der Waals surface area contributed by atoms with Gasteiger partial charge < -0.3 is 5.11 Å². The van der Waals surface area contributed by atoms with Crippen LogP contribution >= 0.6 is 11.3 Å². The second-order valence-corrected chi connectivity index (χ2v) is 5.29. The van der Waals surface area contributed by atoms with Gasteiger partial charge in [-0.1, -0.05) is 0 Å². The van der Waals surface area contributed by atoms with Crippen LogP contribution in [0.1, 0.15) is 46.0 Å². The Morgan fingerprint density at radius 2 is 2.36 bits per heavy atom. The molecular formula is C11H12O2S. The number of fused-ring (bicyclic) bond motifs is 4. The van der Waals surface area contributed by atoms with Crippen molar-refractivity contribution in [3.8, 4) is 0 Å². The lowest BCUT2D eigenvalue weighted by atomic mass is 9.87. The zero-order valence-corrected chi connectivity index (χ0v) is 8.64. The molecule has 1 saturated carbocycles. The second kappa shape index (κ2) is 2.83. The molecule has 0 saturated heterocycles. The molecule has 0 spiro atoms. The standard InChI is InChI=1S/C11H12O2S/c12-11(13)9-5-14-10-7-2-1-6(3-7)4-8(9)10/h5-7H,1-4H2,(H,12,13). The Bertz CT molecular complexity index is 394. The fourth-order valence-electron chi connectivity index (χ4n) is 2.92. The maximum atomic E-state index is 11.0. The molecule has 2 atom stereocenters. The van der Waals surface area contributed by atoms with E-state index in [0.717, 1.165) is 17.9 Å². The van der Waals surface area contributed by atoms with Gasteiger partial charge in [0.05, 0.1) is 5.56 Å². The molecule has 1 aromatic heterocycles. The predicted octanol–water partition coefficient (Wildman–Crippen LogP) is 2.89. The second-order valence-electron chi connectivity index (χ2n) is 4.38. The summed E-state index contributed by atoms with van der Waals surface area (Å²) in [6, 6.07) is 0. The van der Waals surface area contributed by atoms with Crippen LogP contribution in [0.5, 0.6) is 0 Å². The lowest BCUT2D eigenvalue weighted by Crippen LogP contribution is -2.11. The van der Waals surface area contributed by atoms with E-state index in [1.807, 2.05) is 5.38 Å². The lowest BCUT2D eigenvalue weighted by Gasteiger charge is -2.19. The molecule has 1 aromatic rings. The molecule has 2 aliphatic carbocycles. The highest BCUT2D eigenvalue weighted by Crippen LogP contribution is 2.49. The van der Waals surface area contributed by atoms with Crippen LogP contribution in [0.2, 0.25) is 0 Å². The summed E-state index contributed by atoms with van der Waals surface area (Å²) in [6.45, 7) is 0. The summed E-state index contributed by atoms with van der Waals surface area (Å²) in [5.41, 5.74) is 1.72. The third-order valence-electron chi connectivity index (χ3n) is 3.56. The van der Waals surface area contributed by atoms with E-state index in [9.17, 15) is 4.79 Å². The van der Waals surface area contributed by atoms with Crippen LogP contribution in [-0.4, -0.2) is 11.1 Å². The van der Waals surface area contributed by atoms with Crippen LogP contribution < -0.4 is 0 Å². The molecule has 2 nitrogen and oxygen atoms in total. The molecule has 0 aromatic carbocycles. The third kappa shape index (κ3) is 1.05. The van der Waals surface area contributed by atoms with Gasteiger partial charge in [0.25, 0.3) is 0 Å². The van der Waals surface area contributed by atoms with Gasteiger partial charge in [-0.25, -0.2) is 4.79 Å². The molecule has 2 unspecified atom stereocenters. The largest absolute Gasteiger partial charge is 0.478 e. The maximum Gasteiger partial charge on any atom is 0.336 e. The maximum absolute atomic E-state index is 11.0. The number of rotatable bonds is 1. The van der Waals surface area contributed by atoms with Crippen molar-refractivity contribution in [1.82, 2.24) is 0 Å². The van der Waals surface area contributed by atoms with Crippen molar-refractivity contribution in [2.75, 3.05) is 0 Å². The number of aromatic carboxylic acids is 1. The lowest BCUT2D eigenvalue weighted by molar-refractivity contribution is 0.0696. The Hall–Kier alpha value is -0.830. The molecule has 2 aliphatic rings. The van der Waals surface area contributed by atoms with Crippen LogP contribution in [0.15, 0.2) is 5.38 Å². The molecule has 0 radical (unpaired) electrons. The third-order valence-corrected chi connectivity index (χ3v) is 4.75. The highest BCUT2D eigenvalue weighted by molar-refractivity contribution is 7.10. The van der Waals surface area contributed by atoms with Gasteiger partial charge >= 0.3 is 5.97 Å². The molecule has 0 amide bonds. The van der Waals surface area contributed by atoms with Gasteiger partial charge in [0.2, 0.25) is 0 Å². The van der Waals surface area contributed by atoms with Crippen molar-refractivity contribution < 1.29 is 9.90 Å². The highest BCUT2D eigenvalue weighted by Gasteiger charge is 2.36. The summed E-state index contributed by atoms with van der Waals surface area (Å²) in [6.07, 6.45) is 4.88. The fourth-order valence-corrected chi connectivity index (χ4v) is 4.15. The van der Waals surface area contributed by atoms with Gasteiger partial charge in [-0.15, -0.1) is 11.3 Å². The molecule has 3 rings (SSSR count). The molecule has 0 aliphatic heterocycles. The monoisotopic (exact) mass is 208 g/mol. The normalized spacial score (nSPS) is 28.9. The zero-order chi connectivity index (χ0) is 9.71. The molecule has 74 valence electrons. The van der Waals surface area contributed by atoms with Gasteiger partial charge in [0.1, 0.15) is 0 Å². The molecule has 1 heterocycles. The first-order valence-electron chi connectivity index (χ1n) is 5.09. The summed E-state index contributed by atoms with van der Waals surface area (Å²) in [4.78, 5) is 12.3. The van der Waals surface area contributed by atoms with E-state index >= 15 is 0 Å². The van der Waals surface area contributed by atoms with Crippen molar-refractivity contribution >= 4 is 17.3 Å². The minimum atomic E-state index is -0.746. The molecule has 1 N–H and O–H groups in total. The van der Waals surface area contributed by atoms with E-state index in [2.05, 4.69) is 0 Å². The summed E-state index contributed by atoms with van der Waals surface area (Å²) >= 11 is 1.66. The number of carboxylic acids is 1. The summed E-state index contributed by atoms with van der Waals surface area (Å²) in [5, 5.41) is 10.9. The minimum absolute atomic E-state index is 0.571. The van der Waals surface area contributed by atoms with E-state index in [1.54, 1.807) is 11.3 Å². The number of hydrogen-bond donors (Lipinski definition) is 1. The Kier molecular flexibility index (Phi) is 1.71. The average Bonchev–Trinajstić information content (AvgIpc) is 2.71. The van der Waals surface area contributed by atoms with Crippen LogP contribution in [0.4, 0.5) is 0 Å². The predicted molar refractivity (Wildman–Crippen MR) is 55.1 cm³/mol. The van der Waals surface area contributed by atoms with Crippen molar-refractivity contribution in [2.45, 2.75) is 31.6 Å². The summed E-state index contributed by atoms with van der Waals surface area (Å²) in [7, 11) is 0. The molecule has 3 heteroatoms. The first-order valence-corrected chi connectivity index (χ1v) is 5.97. The van der Waals surface area contributed by atoms with Gasteiger partial charge in [-0.2, -0.15) is 0 Å². The van der Waals surface area contributed by atoms with Crippen molar-refractivity contribution in [3.05, 3.63) is 21.4 Å². The van der Waals surface area contributed by atoms with Crippen LogP contribution in [-0.2, 0) is 6.42 Å². The Balaban J connectivity index is 2.11. The average molecular weight is 208 g/mol. The fraction of sp³-hybridized carbons (Fsp3) is 0.545. The van der Waals surface area contributed by atoms with E-state index in [4.69, 9.17) is 5.11 Å². The van der Waals surface area contributed by atoms with E-state index < -0.39 is 5.97 Å². The number of carbonyl (C=O) groups is 1. The van der Waals surface area contributed by atoms with Crippen LogP contribution in [0.25, 0.3) is 0 Å². The molecule has 14 heavy (non-hydrogen) atoms. The van der Waals surface area contributed by atoms with Crippen LogP contribution in [0.3, 0.4) is 0 Å². The topological polar surface area (TPSA) is 37.3 Å². The van der Waals surface area contributed by atoms with Gasteiger partial charge in [0, 0.05) is 10.3 Å². The minimum Gasteiger partial charge on any atom is -0.478 e. The molecule has 2 bridgehead atoms. The number of carboxylic acid groups (broad SMARTS) is 1. The highest BCUT2D eigenvalue weighted by atomic mass is 32.1. The van der Waals surface area contributed by atoms with E-state index in [0.29, 0.717) is 11.5 Å². The quantitative estimate of drug-likeness (QED) is 0.770. The SMILES string of the molecule is O=C(O)c1csc2c1CC1CCC2C1.